The van der Waals surface area contributed by atoms with Crippen molar-refractivity contribution in [1.82, 2.24) is 14.5 Å². The molecule has 1 heterocycles. The summed E-state index contributed by atoms with van der Waals surface area (Å²) in [6.45, 7) is 1.27. The summed E-state index contributed by atoms with van der Waals surface area (Å²) < 4.78 is 7.38. The van der Waals surface area contributed by atoms with Gasteiger partial charge in [0.15, 0.2) is 0 Å². The Balaban J connectivity index is 1.54. The molecular formula is C22H23N3O2. The van der Waals surface area contributed by atoms with Crippen LogP contribution in [-0.2, 0) is 13.1 Å². The van der Waals surface area contributed by atoms with Crippen LogP contribution in [0.1, 0.15) is 34.6 Å². The third kappa shape index (κ3) is 4.03. The van der Waals surface area contributed by atoms with Crippen LogP contribution in [0.25, 0.3) is 0 Å². The number of rotatable bonds is 7. The maximum Gasteiger partial charge on any atom is 0.254 e. The number of carbonyl (C=O) groups is 1. The quantitative estimate of drug-likeness (QED) is 0.644. The molecule has 3 aromatic rings. The van der Waals surface area contributed by atoms with E-state index in [1.165, 1.54) is 5.56 Å². The number of hydrogen-bond acceptors (Lipinski definition) is 3. The van der Waals surface area contributed by atoms with Crippen LogP contribution in [0.2, 0.25) is 0 Å². The molecule has 0 saturated heterocycles. The lowest BCUT2D eigenvalue weighted by Crippen LogP contribution is -2.33. The van der Waals surface area contributed by atoms with Crippen LogP contribution in [-0.4, -0.2) is 33.5 Å². The van der Waals surface area contributed by atoms with Crippen LogP contribution in [0.15, 0.2) is 67.0 Å². The summed E-state index contributed by atoms with van der Waals surface area (Å²) in [5.41, 5.74) is 1.87. The van der Waals surface area contributed by atoms with Crippen molar-refractivity contribution in [3.63, 3.8) is 0 Å². The Morgan fingerprint density at radius 3 is 2.74 bits per heavy atom. The van der Waals surface area contributed by atoms with E-state index in [1.807, 2.05) is 47.5 Å². The Hall–Kier alpha value is -3.08. The molecule has 1 saturated carbocycles. The molecule has 0 unspecified atom stereocenters. The van der Waals surface area contributed by atoms with Crippen molar-refractivity contribution < 1.29 is 9.53 Å². The van der Waals surface area contributed by atoms with Gasteiger partial charge in [0.25, 0.3) is 5.91 Å². The Bertz CT molecular complexity index is 916. The molecule has 138 valence electrons. The number of imidazole rings is 1. The van der Waals surface area contributed by atoms with E-state index >= 15 is 0 Å². The SMILES string of the molecule is COc1cccc(C(=O)N(Cc2nccn2Cc2ccccc2)C2CC2)c1. The first-order valence-electron chi connectivity index (χ1n) is 9.23. The highest BCUT2D eigenvalue weighted by atomic mass is 16.5. The number of amides is 1. The Kier molecular flexibility index (Phi) is 4.92. The Morgan fingerprint density at radius 2 is 2.00 bits per heavy atom. The smallest absolute Gasteiger partial charge is 0.254 e. The van der Waals surface area contributed by atoms with E-state index in [9.17, 15) is 4.79 Å². The van der Waals surface area contributed by atoms with Crippen molar-refractivity contribution in [1.29, 1.82) is 0 Å². The van der Waals surface area contributed by atoms with Gasteiger partial charge in [-0.05, 0) is 36.6 Å². The van der Waals surface area contributed by atoms with Crippen molar-refractivity contribution in [3.05, 3.63) is 83.9 Å². The predicted molar refractivity (Wildman–Crippen MR) is 104 cm³/mol. The third-order valence-corrected chi connectivity index (χ3v) is 4.87. The standard InChI is InChI=1S/C22H23N3O2/c1-27-20-9-5-8-18(14-20)22(26)25(19-10-11-19)16-21-23-12-13-24(21)15-17-6-3-2-4-7-17/h2-9,12-14,19H,10-11,15-16H2,1H3. The van der Waals surface area contributed by atoms with Crippen LogP contribution in [0.5, 0.6) is 5.75 Å². The second-order valence-electron chi connectivity index (χ2n) is 6.85. The maximum atomic E-state index is 13.1. The zero-order chi connectivity index (χ0) is 18.6. The normalized spacial score (nSPS) is 13.4. The topological polar surface area (TPSA) is 47.4 Å². The number of benzene rings is 2. The van der Waals surface area contributed by atoms with E-state index in [-0.39, 0.29) is 5.91 Å². The van der Waals surface area contributed by atoms with Gasteiger partial charge in [-0.1, -0.05) is 36.4 Å². The van der Waals surface area contributed by atoms with E-state index in [1.54, 1.807) is 19.4 Å². The van der Waals surface area contributed by atoms with Crippen LogP contribution in [0.4, 0.5) is 0 Å². The number of methoxy groups -OCH3 is 1. The average molecular weight is 361 g/mol. The highest BCUT2D eigenvalue weighted by molar-refractivity contribution is 5.95. The molecule has 1 aliphatic carbocycles. The predicted octanol–water partition coefficient (Wildman–Crippen LogP) is 3.74. The van der Waals surface area contributed by atoms with Gasteiger partial charge in [0, 0.05) is 30.5 Å². The van der Waals surface area contributed by atoms with Gasteiger partial charge in [-0.15, -0.1) is 0 Å². The first-order chi connectivity index (χ1) is 13.2. The lowest BCUT2D eigenvalue weighted by molar-refractivity contribution is 0.0723. The Morgan fingerprint density at radius 1 is 1.19 bits per heavy atom. The second-order valence-corrected chi connectivity index (χ2v) is 6.85. The number of hydrogen-bond donors (Lipinski definition) is 0. The van der Waals surface area contributed by atoms with Crippen molar-refractivity contribution >= 4 is 5.91 Å². The van der Waals surface area contributed by atoms with E-state index < -0.39 is 0 Å². The first kappa shape index (κ1) is 17.3. The Labute approximate surface area is 159 Å². The minimum atomic E-state index is 0.0330. The lowest BCUT2D eigenvalue weighted by atomic mass is 10.2. The molecule has 0 aliphatic heterocycles. The molecule has 0 spiro atoms. The average Bonchev–Trinajstić information content (AvgIpc) is 3.47. The zero-order valence-electron chi connectivity index (χ0n) is 15.4. The summed E-state index contributed by atoms with van der Waals surface area (Å²) in [6.07, 6.45) is 5.88. The summed E-state index contributed by atoms with van der Waals surface area (Å²) >= 11 is 0. The minimum Gasteiger partial charge on any atom is -0.497 e. The highest BCUT2D eigenvalue weighted by Crippen LogP contribution is 2.30. The van der Waals surface area contributed by atoms with Crippen molar-refractivity contribution in [2.24, 2.45) is 0 Å². The molecule has 1 aromatic heterocycles. The first-order valence-corrected chi connectivity index (χ1v) is 9.23. The van der Waals surface area contributed by atoms with Gasteiger partial charge in [0.2, 0.25) is 0 Å². The fourth-order valence-corrected chi connectivity index (χ4v) is 3.24. The van der Waals surface area contributed by atoms with Crippen LogP contribution in [0, 0.1) is 0 Å². The number of ether oxygens (including phenoxy) is 1. The number of nitrogens with zero attached hydrogens (tertiary/aromatic N) is 3. The molecule has 4 rings (SSSR count). The molecule has 27 heavy (non-hydrogen) atoms. The molecule has 1 fully saturated rings. The molecule has 0 atom stereocenters. The molecule has 0 bridgehead atoms. The van der Waals surface area contributed by atoms with Gasteiger partial charge in [0.05, 0.1) is 13.7 Å². The summed E-state index contributed by atoms with van der Waals surface area (Å²) in [5, 5.41) is 0. The fourth-order valence-electron chi connectivity index (χ4n) is 3.24. The van der Waals surface area contributed by atoms with Gasteiger partial charge in [0.1, 0.15) is 11.6 Å². The summed E-state index contributed by atoms with van der Waals surface area (Å²) in [7, 11) is 1.61. The van der Waals surface area contributed by atoms with Gasteiger partial charge >= 0.3 is 0 Å². The molecule has 1 amide bonds. The van der Waals surface area contributed by atoms with Crippen LogP contribution in [0.3, 0.4) is 0 Å². The van der Waals surface area contributed by atoms with Crippen molar-refractivity contribution in [2.45, 2.75) is 32.0 Å². The zero-order valence-corrected chi connectivity index (χ0v) is 15.4. The van der Waals surface area contributed by atoms with Gasteiger partial charge in [-0.2, -0.15) is 0 Å². The van der Waals surface area contributed by atoms with Crippen molar-refractivity contribution in [2.75, 3.05) is 7.11 Å². The van der Waals surface area contributed by atoms with Crippen LogP contribution >= 0.6 is 0 Å². The van der Waals surface area contributed by atoms with Gasteiger partial charge in [-0.3, -0.25) is 4.79 Å². The molecule has 0 radical (unpaired) electrons. The van der Waals surface area contributed by atoms with Crippen LogP contribution < -0.4 is 4.74 Å². The van der Waals surface area contributed by atoms with E-state index in [0.717, 1.165) is 25.2 Å². The molecule has 0 N–H and O–H groups in total. The summed E-state index contributed by atoms with van der Waals surface area (Å²) in [5.74, 6) is 1.63. The van der Waals surface area contributed by atoms with E-state index in [0.29, 0.717) is 23.9 Å². The molecule has 2 aromatic carbocycles. The number of carbonyl (C=O) groups excluding carboxylic acids is 1. The lowest BCUT2D eigenvalue weighted by Gasteiger charge is -2.23. The van der Waals surface area contributed by atoms with E-state index in [4.69, 9.17) is 4.74 Å². The molecule has 5 heteroatoms. The minimum absolute atomic E-state index is 0.0330. The molecule has 1 aliphatic rings. The largest absolute Gasteiger partial charge is 0.497 e. The molecule has 5 nitrogen and oxygen atoms in total. The highest BCUT2D eigenvalue weighted by Gasteiger charge is 2.34. The fraction of sp³-hybridized carbons (Fsp3) is 0.273. The van der Waals surface area contributed by atoms with E-state index in [2.05, 4.69) is 21.7 Å². The van der Waals surface area contributed by atoms with Gasteiger partial charge in [-0.25, -0.2) is 4.98 Å². The monoisotopic (exact) mass is 361 g/mol. The molecular weight excluding hydrogens is 338 g/mol. The maximum absolute atomic E-state index is 13.1. The summed E-state index contributed by atoms with van der Waals surface area (Å²) in [4.78, 5) is 19.6. The second kappa shape index (κ2) is 7.66. The number of aromatic nitrogens is 2. The third-order valence-electron chi connectivity index (χ3n) is 4.87. The summed E-state index contributed by atoms with van der Waals surface area (Å²) in [6, 6.07) is 17.9. The van der Waals surface area contributed by atoms with Gasteiger partial charge < -0.3 is 14.2 Å². The van der Waals surface area contributed by atoms with Crippen molar-refractivity contribution in [3.8, 4) is 5.75 Å².